The van der Waals surface area contributed by atoms with Gasteiger partial charge in [0.1, 0.15) is 4.90 Å². The average molecular weight is 398 g/mol. The van der Waals surface area contributed by atoms with Crippen LogP contribution in [0, 0.1) is 10.1 Å². The van der Waals surface area contributed by atoms with E-state index in [9.17, 15) is 28.1 Å². The third-order valence-corrected chi connectivity index (χ3v) is 5.54. The Balaban J connectivity index is 2.09. The number of sulfone groups is 1. The van der Waals surface area contributed by atoms with Crippen LogP contribution in [0.3, 0.4) is 0 Å². The molecule has 1 aliphatic carbocycles. The Labute approximate surface area is 157 Å². The zero-order chi connectivity index (χ0) is 20.2. The van der Waals surface area contributed by atoms with Crippen molar-refractivity contribution in [2.24, 2.45) is 0 Å². The molecule has 0 aliphatic heterocycles. The topological polar surface area (TPSA) is 133 Å². The maximum absolute atomic E-state index is 12.2. The zero-order valence-electron chi connectivity index (χ0n) is 15.1. The first-order valence-electron chi connectivity index (χ1n) is 8.59. The lowest BCUT2D eigenvalue weighted by molar-refractivity contribution is -0.387. The Morgan fingerprint density at radius 1 is 1.26 bits per heavy atom. The van der Waals surface area contributed by atoms with E-state index in [1.165, 1.54) is 6.92 Å². The predicted molar refractivity (Wildman–Crippen MR) is 96.1 cm³/mol. The van der Waals surface area contributed by atoms with Gasteiger partial charge >= 0.3 is 5.97 Å². The molecule has 10 heteroatoms. The highest BCUT2D eigenvalue weighted by atomic mass is 32.2. The molecular weight excluding hydrogens is 376 g/mol. The fourth-order valence-electron chi connectivity index (χ4n) is 2.95. The summed E-state index contributed by atoms with van der Waals surface area (Å²) in [6, 6.07) is 3.00. The molecule has 1 atom stereocenters. The number of hydrogen-bond acceptors (Lipinski definition) is 7. The Morgan fingerprint density at radius 3 is 2.44 bits per heavy atom. The van der Waals surface area contributed by atoms with Crippen molar-refractivity contribution in [2.75, 3.05) is 6.26 Å². The quantitative estimate of drug-likeness (QED) is 0.440. The van der Waals surface area contributed by atoms with Crippen LogP contribution in [0.15, 0.2) is 23.1 Å². The largest absolute Gasteiger partial charge is 0.449 e. The molecule has 0 radical (unpaired) electrons. The summed E-state index contributed by atoms with van der Waals surface area (Å²) in [5.41, 5.74) is -0.919. The molecule has 1 aliphatic rings. The molecule has 1 amide bonds. The minimum Gasteiger partial charge on any atom is -0.449 e. The molecule has 0 aromatic heterocycles. The highest BCUT2D eigenvalue weighted by molar-refractivity contribution is 7.90. The fraction of sp³-hybridized carbons (Fsp3) is 0.529. The minimum absolute atomic E-state index is 0.0579. The van der Waals surface area contributed by atoms with Crippen LogP contribution in [0.2, 0.25) is 0 Å². The average Bonchev–Trinajstić information content (AvgIpc) is 2.61. The van der Waals surface area contributed by atoms with Gasteiger partial charge < -0.3 is 10.1 Å². The van der Waals surface area contributed by atoms with Crippen LogP contribution < -0.4 is 5.32 Å². The molecule has 9 nitrogen and oxygen atoms in total. The van der Waals surface area contributed by atoms with E-state index < -0.39 is 43.3 Å². The van der Waals surface area contributed by atoms with Gasteiger partial charge in [-0.15, -0.1) is 0 Å². The lowest BCUT2D eigenvalue weighted by Crippen LogP contribution is -2.42. The molecule has 1 saturated carbocycles. The first-order valence-corrected chi connectivity index (χ1v) is 10.5. The Kier molecular flexibility index (Phi) is 6.53. The number of carbonyl (C=O) groups excluding carboxylic acids is 2. The molecule has 1 fully saturated rings. The first kappa shape index (κ1) is 20.8. The summed E-state index contributed by atoms with van der Waals surface area (Å²) in [5, 5.41) is 14.0. The molecule has 0 saturated heterocycles. The second-order valence-electron chi connectivity index (χ2n) is 6.60. The number of nitro groups is 1. The lowest BCUT2D eigenvalue weighted by Gasteiger charge is -2.24. The van der Waals surface area contributed by atoms with E-state index >= 15 is 0 Å². The molecule has 148 valence electrons. The van der Waals surface area contributed by atoms with Crippen molar-refractivity contribution in [3.8, 4) is 0 Å². The molecule has 1 N–H and O–H groups in total. The van der Waals surface area contributed by atoms with Crippen LogP contribution in [0.4, 0.5) is 5.69 Å². The summed E-state index contributed by atoms with van der Waals surface area (Å²) < 4.78 is 28.3. The van der Waals surface area contributed by atoms with Crippen LogP contribution in [0.1, 0.15) is 49.4 Å². The van der Waals surface area contributed by atoms with Gasteiger partial charge in [0.25, 0.3) is 11.6 Å². The number of carbonyl (C=O) groups is 2. The Bertz CT molecular complexity index is 845. The fourth-order valence-corrected chi connectivity index (χ4v) is 3.78. The van der Waals surface area contributed by atoms with E-state index in [1.807, 2.05) is 0 Å². The smallest absolute Gasteiger partial charge is 0.339 e. The van der Waals surface area contributed by atoms with Crippen molar-refractivity contribution in [2.45, 2.75) is 56.1 Å². The van der Waals surface area contributed by atoms with Crippen molar-refractivity contribution in [3.63, 3.8) is 0 Å². The number of ether oxygens (including phenoxy) is 1. The summed E-state index contributed by atoms with van der Waals surface area (Å²) in [5.74, 6) is -1.37. The molecule has 27 heavy (non-hydrogen) atoms. The molecule has 1 unspecified atom stereocenters. The Morgan fingerprint density at radius 2 is 1.89 bits per heavy atom. The maximum Gasteiger partial charge on any atom is 0.339 e. The standard InChI is InChI=1S/C17H22N2O7S/c1-11(16(20)18-13-6-4-3-5-7-13)26-17(21)12-8-9-15(27(2,24)25)14(10-12)19(22)23/h8-11,13H,3-7H2,1-2H3,(H,18,20). The summed E-state index contributed by atoms with van der Waals surface area (Å²) in [7, 11) is -3.83. The SMILES string of the molecule is CC(OC(=O)c1ccc(S(C)(=O)=O)c([N+](=O)[O-])c1)C(=O)NC1CCCCC1. The molecule has 2 rings (SSSR count). The highest BCUT2D eigenvalue weighted by Gasteiger charge is 2.27. The number of esters is 1. The minimum atomic E-state index is -3.83. The maximum atomic E-state index is 12.2. The van der Waals surface area contributed by atoms with Crippen LogP contribution in [-0.4, -0.2) is 43.6 Å². The van der Waals surface area contributed by atoms with E-state index in [2.05, 4.69) is 5.32 Å². The van der Waals surface area contributed by atoms with E-state index in [0.717, 1.165) is 56.6 Å². The van der Waals surface area contributed by atoms with Gasteiger partial charge in [0.2, 0.25) is 0 Å². The second-order valence-corrected chi connectivity index (χ2v) is 8.59. The van der Waals surface area contributed by atoms with Crippen molar-refractivity contribution < 1.29 is 27.7 Å². The van der Waals surface area contributed by atoms with Crippen molar-refractivity contribution in [1.82, 2.24) is 5.32 Å². The molecule has 0 spiro atoms. The van der Waals surface area contributed by atoms with Crippen LogP contribution in [0.5, 0.6) is 0 Å². The highest BCUT2D eigenvalue weighted by Crippen LogP contribution is 2.25. The van der Waals surface area contributed by atoms with E-state index in [4.69, 9.17) is 4.74 Å². The van der Waals surface area contributed by atoms with E-state index in [-0.39, 0.29) is 11.6 Å². The number of nitrogens with one attached hydrogen (secondary N) is 1. The Hall–Kier alpha value is -2.49. The first-order chi connectivity index (χ1) is 12.6. The monoisotopic (exact) mass is 398 g/mol. The van der Waals surface area contributed by atoms with Gasteiger partial charge in [0.05, 0.1) is 10.5 Å². The van der Waals surface area contributed by atoms with Crippen LogP contribution >= 0.6 is 0 Å². The van der Waals surface area contributed by atoms with Gasteiger partial charge in [-0.25, -0.2) is 13.2 Å². The van der Waals surface area contributed by atoms with Gasteiger partial charge in [-0.3, -0.25) is 14.9 Å². The van der Waals surface area contributed by atoms with Crippen molar-refractivity contribution >= 4 is 27.4 Å². The number of rotatable bonds is 6. The number of amides is 1. The van der Waals surface area contributed by atoms with Crippen LogP contribution in [0.25, 0.3) is 0 Å². The van der Waals surface area contributed by atoms with Gasteiger partial charge in [-0.2, -0.15) is 0 Å². The van der Waals surface area contributed by atoms with Crippen LogP contribution in [-0.2, 0) is 19.4 Å². The number of nitrogens with zero attached hydrogens (tertiary/aromatic N) is 1. The van der Waals surface area contributed by atoms with Gasteiger partial charge in [-0.05, 0) is 31.9 Å². The second kappa shape index (κ2) is 8.47. The summed E-state index contributed by atoms with van der Waals surface area (Å²) in [6.45, 7) is 1.41. The number of nitro benzene ring substituents is 1. The molecule has 0 heterocycles. The third-order valence-electron chi connectivity index (χ3n) is 4.40. The lowest BCUT2D eigenvalue weighted by atomic mass is 9.95. The molecule has 1 aromatic carbocycles. The number of hydrogen-bond donors (Lipinski definition) is 1. The molecule has 0 bridgehead atoms. The predicted octanol–water partition coefficient (Wildman–Crippen LogP) is 1.99. The zero-order valence-corrected chi connectivity index (χ0v) is 16.0. The molecular formula is C17H22N2O7S. The van der Waals surface area contributed by atoms with E-state index in [1.54, 1.807) is 0 Å². The van der Waals surface area contributed by atoms with E-state index in [0.29, 0.717) is 0 Å². The normalized spacial score (nSPS) is 16.4. The summed E-state index contributed by atoms with van der Waals surface area (Å²) in [6.07, 6.45) is 4.74. The van der Waals surface area contributed by atoms with Crippen molar-refractivity contribution in [3.05, 3.63) is 33.9 Å². The van der Waals surface area contributed by atoms with Crippen molar-refractivity contribution in [1.29, 1.82) is 0 Å². The third kappa shape index (κ3) is 5.49. The summed E-state index contributed by atoms with van der Waals surface area (Å²) >= 11 is 0. The summed E-state index contributed by atoms with van der Waals surface area (Å²) in [4.78, 5) is 34.1. The van der Waals surface area contributed by atoms with Gasteiger partial charge in [0, 0.05) is 18.4 Å². The van der Waals surface area contributed by atoms with Gasteiger partial charge in [-0.1, -0.05) is 19.3 Å². The van der Waals surface area contributed by atoms with Gasteiger partial charge in [0.15, 0.2) is 15.9 Å². The number of benzene rings is 1. The molecule has 1 aromatic rings.